The second kappa shape index (κ2) is 10.3. The van der Waals surface area contributed by atoms with Crippen LogP contribution in [-0.4, -0.2) is 54.3 Å². The van der Waals surface area contributed by atoms with Gasteiger partial charge in [-0.3, -0.25) is 9.69 Å². The molecule has 1 heterocycles. The Hall–Kier alpha value is -2.06. The number of ether oxygens (including phenoxy) is 2. The number of rotatable bonds is 8. The molecule has 5 nitrogen and oxygen atoms in total. The molecule has 8 heteroatoms. The van der Waals surface area contributed by atoms with Crippen molar-refractivity contribution in [3.63, 3.8) is 0 Å². The topological polar surface area (TPSA) is 42.0 Å². The summed E-state index contributed by atoms with van der Waals surface area (Å²) in [5, 5.41) is 0.657. The number of methoxy groups -OCH3 is 1. The summed E-state index contributed by atoms with van der Waals surface area (Å²) in [6.07, 6.45) is 1.83. The zero-order valence-electron chi connectivity index (χ0n) is 17.1. The third-order valence-corrected chi connectivity index (χ3v) is 6.22. The first kappa shape index (κ1) is 22.6. The normalized spacial score (nSPS) is 15.4. The van der Waals surface area contributed by atoms with Crippen LogP contribution in [0.2, 0.25) is 5.02 Å². The molecule has 1 amide bonds. The first-order valence-electron chi connectivity index (χ1n) is 9.33. The molecule has 2 aromatic carbocycles. The maximum atomic E-state index is 12.7. The van der Waals surface area contributed by atoms with Crippen molar-refractivity contribution in [1.82, 2.24) is 9.80 Å². The quantitative estimate of drug-likeness (QED) is 0.418. The minimum atomic E-state index is -0.0649. The lowest BCUT2D eigenvalue weighted by atomic mass is 10.1. The van der Waals surface area contributed by atoms with Crippen LogP contribution in [0.15, 0.2) is 47.4 Å². The Bertz CT molecular complexity index is 979. The summed E-state index contributed by atoms with van der Waals surface area (Å²) in [4.78, 5) is 17.0. The number of nitrogens with zero attached hydrogens (tertiary/aromatic N) is 2. The van der Waals surface area contributed by atoms with Gasteiger partial charge in [0, 0.05) is 23.7 Å². The lowest BCUT2D eigenvalue weighted by molar-refractivity contribution is -0.122. The van der Waals surface area contributed by atoms with Crippen LogP contribution in [0.3, 0.4) is 0 Å². The molecule has 0 N–H and O–H groups in total. The molecule has 0 aromatic heterocycles. The predicted octanol–water partition coefficient (Wildman–Crippen LogP) is 4.69. The molecule has 1 aliphatic heterocycles. The van der Waals surface area contributed by atoms with Crippen molar-refractivity contribution in [2.75, 3.05) is 34.3 Å². The highest BCUT2D eigenvalue weighted by Crippen LogP contribution is 2.35. The number of benzene rings is 2. The van der Waals surface area contributed by atoms with Gasteiger partial charge in [0.1, 0.15) is 10.9 Å². The molecule has 0 atom stereocenters. The van der Waals surface area contributed by atoms with Crippen LogP contribution in [0.25, 0.3) is 6.08 Å². The van der Waals surface area contributed by atoms with Crippen molar-refractivity contribution in [2.45, 2.75) is 6.61 Å². The monoisotopic (exact) mass is 462 g/mol. The zero-order valence-corrected chi connectivity index (χ0v) is 19.4. The smallest absolute Gasteiger partial charge is 0.266 e. The van der Waals surface area contributed by atoms with Crippen molar-refractivity contribution in [2.24, 2.45) is 0 Å². The van der Waals surface area contributed by atoms with Gasteiger partial charge in [-0.15, -0.1) is 0 Å². The summed E-state index contributed by atoms with van der Waals surface area (Å²) in [7, 11) is 5.52. The maximum Gasteiger partial charge on any atom is 0.266 e. The van der Waals surface area contributed by atoms with E-state index in [1.54, 1.807) is 12.0 Å². The highest BCUT2D eigenvalue weighted by Gasteiger charge is 2.31. The van der Waals surface area contributed by atoms with Crippen molar-refractivity contribution < 1.29 is 14.3 Å². The van der Waals surface area contributed by atoms with E-state index in [4.69, 9.17) is 33.3 Å². The van der Waals surface area contributed by atoms with Crippen molar-refractivity contribution >= 4 is 51.9 Å². The number of likely N-dealkylation sites (N-methyl/N-ethyl adjacent to an activating group) is 1. The lowest BCUT2D eigenvalue weighted by Crippen LogP contribution is -2.34. The molecule has 1 aliphatic rings. The predicted molar refractivity (Wildman–Crippen MR) is 127 cm³/mol. The first-order chi connectivity index (χ1) is 14.4. The second-order valence-corrected chi connectivity index (χ2v) is 9.01. The fourth-order valence-corrected chi connectivity index (χ4v) is 4.31. The molecule has 30 heavy (non-hydrogen) atoms. The summed E-state index contributed by atoms with van der Waals surface area (Å²) < 4.78 is 12.0. The molecule has 0 bridgehead atoms. The molecule has 0 saturated carbocycles. The summed E-state index contributed by atoms with van der Waals surface area (Å²) in [6, 6.07) is 13.1. The van der Waals surface area contributed by atoms with Gasteiger partial charge in [-0.2, -0.15) is 0 Å². The zero-order chi connectivity index (χ0) is 21.7. The number of thiocarbonyl (C=S) groups is 1. The van der Waals surface area contributed by atoms with Gasteiger partial charge in [-0.25, -0.2) is 0 Å². The molecule has 1 fully saturated rings. The third kappa shape index (κ3) is 5.55. The standard InChI is InChI=1S/C22H23ClN2O3S2/c1-24(2)10-11-25-21(26)20(30-22(25)29)13-15-8-9-18(19(12-15)27-3)28-14-16-6-4-5-7-17(16)23/h4-9,12-13H,10-11,14H2,1-3H3. The third-order valence-electron chi connectivity index (χ3n) is 4.47. The number of thioether (sulfide) groups is 1. The fourth-order valence-electron chi connectivity index (χ4n) is 2.81. The van der Waals surface area contributed by atoms with E-state index in [1.165, 1.54) is 11.8 Å². The Labute approximate surface area is 191 Å². The number of carbonyl (C=O) groups is 1. The van der Waals surface area contributed by atoms with Crippen LogP contribution < -0.4 is 9.47 Å². The number of hydrogen-bond acceptors (Lipinski definition) is 6. The van der Waals surface area contributed by atoms with E-state index in [-0.39, 0.29) is 5.91 Å². The Kier molecular flexibility index (Phi) is 7.77. The molecular weight excluding hydrogens is 440 g/mol. The summed E-state index contributed by atoms with van der Waals surface area (Å²) in [5.74, 6) is 1.12. The number of amides is 1. The maximum absolute atomic E-state index is 12.7. The summed E-state index contributed by atoms with van der Waals surface area (Å²) >= 11 is 12.9. The van der Waals surface area contributed by atoms with Crippen LogP contribution >= 0.6 is 35.6 Å². The van der Waals surface area contributed by atoms with Crippen LogP contribution in [0.5, 0.6) is 11.5 Å². The SMILES string of the molecule is COc1cc(C=C2SC(=S)N(CCN(C)C)C2=O)ccc1OCc1ccccc1Cl. The lowest BCUT2D eigenvalue weighted by Gasteiger charge is -2.17. The Morgan fingerprint density at radius 2 is 1.97 bits per heavy atom. The Morgan fingerprint density at radius 3 is 2.67 bits per heavy atom. The van der Waals surface area contributed by atoms with E-state index in [9.17, 15) is 4.79 Å². The minimum Gasteiger partial charge on any atom is -0.493 e. The van der Waals surface area contributed by atoms with Gasteiger partial charge in [-0.05, 0) is 43.9 Å². The van der Waals surface area contributed by atoms with Gasteiger partial charge in [0.05, 0.1) is 12.0 Å². The fraction of sp³-hybridized carbons (Fsp3) is 0.273. The van der Waals surface area contributed by atoms with E-state index in [0.717, 1.165) is 17.7 Å². The molecule has 0 spiro atoms. The van der Waals surface area contributed by atoms with Gasteiger partial charge in [0.2, 0.25) is 0 Å². The molecule has 0 aliphatic carbocycles. The average molecular weight is 463 g/mol. The first-order valence-corrected chi connectivity index (χ1v) is 10.9. The van der Waals surface area contributed by atoms with Crippen LogP contribution in [-0.2, 0) is 11.4 Å². The van der Waals surface area contributed by atoms with Gasteiger partial charge in [0.25, 0.3) is 5.91 Å². The van der Waals surface area contributed by atoms with Crippen LogP contribution in [0.4, 0.5) is 0 Å². The number of halogens is 1. The van der Waals surface area contributed by atoms with E-state index in [1.807, 2.05) is 67.5 Å². The number of hydrogen-bond donors (Lipinski definition) is 0. The van der Waals surface area contributed by atoms with Gasteiger partial charge >= 0.3 is 0 Å². The summed E-state index contributed by atoms with van der Waals surface area (Å²) in [5.41, 5.74) is 1.73. The van der Waals surface area contributed by atoms with E-state index >= 15 is 0 Å². The highest BCUT2D eigenvalue weighted by atomic mass is 35.5. The molecular formula is C22H23ClN2O3S2. The molecule has 158 valence electrons. The van der Waals surface area contributed by atoms with Crippen molar-refractivity contribution in [3.05, 3.63) is 63.5 Å². The Balaban J connectivity index is 1.73. The van der Waals surface area contributed by atoms with E-state index in [0.29, 0.717) is 38.9 Å². The highest BCUT2D eigenvalue weighted by molar-refractivity contribution is 8.26. The summed E-state index contributed by atoms with van der Waals surface area (Å²) in [6.45, 7) is 1.66. The van der Waals surface area contributed by atoms with Gasteiger partial charge in [0.15, 0.2) is 11.5 Å². The van der Waals surface area contributed by atoms with Crippen molar-refractivity contribution in [1.29, 1.82) is 0 Å². The van der Waals surface area contributed by atoms with Crippen LogP contribution in [0, 0.1) is 0 Å². The molecule has 0 radical (unpaired) electrons. The molecule has 1 saturated heterocycles. The second-order valence-electron chi connectivity index (χ2n) is 6.93. The van der Waals surface area contributed by atoms with Crippen molar-refractivity contribution in [3.8, 4) is 11.5 Å². The Morgan fingerprint density at radius 1 is 1.20 bits per heavy atom. The average Bonchev–Trinajstić information content (AvgIpc) is 2.98. The minimum absolute atomic E-state index is 0.0649. The molecule has 2 aromatic rings. The van der Waals surface area contributed by atoms with Crippen LogP contribution in [0.1, 0.15) is 11.1 Å². The largest absolute Gasteiger partial charge is 0.493 e. The molecule has 0 unspecified atom stereocenters. The molecule has 3 rings (SSSR count). The van der Waals surface area contributed by atoms with Gasteiger partial charge < -0.3 is 14.4 Å². The van der Waals surface area contributed by atoms with E-state index in [2.05, 4.69) is 0 Å². The number of carbonyl (C=O) groups excluding carboxylic acids is 1. The van der Waals surface area contributed by atoms with Gasteiger partial charge in [-0.1, -0.05) is 59.8 Å². The van der Waals surface area contributed by atoms with E-state index < -0.39 is 0 Å².